The average Bonchev–Trinajstić information content (AvgIpc) is 2.70. The van der Waals surface area contributed by atoms with Crippen LogP contribution in [0.15, 0.2) is 0 Å². The number of rotatable bonds is 13. The molecule has 0 aromatic rings. The third kappa shape index (κ3) is 8.37. The molecule has 0 aliphatic rings. The Balaban J connectivity index is 5.36. The second-order valence-electron chi connectivity index (χ2n) is 6.49. The fraction of sp³-hybridized carbons (Fsp3) is 0.750. The van der Waals surface area contributed by atoms with Gasteiger partial charge >= 0.3 is 0 Å². The number of ketones is 1. The smallest absolute Gasteiger partial charge is 0.249 e. The Labute approximate surface area is 170 Å². The topological polar surface area (TPSA) is 254 Å². The molecular weight excluding hydrogens is 412 g/mol. The first-order valence-electron chi connectivity index (χ1n) is 8.78. The number of hydrogen-bond donors (Lipinski definition) is 10. The normalized spacial score (nSPS) is 18.3. The van der Waals surface area contributed by atoms with Gasteiger partial charge in [0.05, 0.1) is 38.3 Å². The first-order chi connectivity index (χ1) is 13.9. The molecule has 0 saturated carbocycles. The minimum absolute atomic E-state index is 0.854. The Morgan fingerprint density at radius 2 is 1.33 bits per heavy atom. The number of Topliss-reactive ketones (excluding diaryl/α,β-unsaturated/α-hetero) is 1. The largest absolute Gasteiger partial charge is 0.396 e. The predicted octanol–water partition coefficient (Wildman–Crippen LogP) is -6.51. The quantitative estimate of drug-likeness (QED) is 0.128. The lowest BCUT2D eigenvalue weighted by molar-refractivity contribution is -0.146. The molecule has 0 aliphatic carbocycles. The van der Waals surface area contributed by atoms with Gasteiger partial charge in [0.2, 0.25) is 17.7 Å². The maximum Gasteiger partial charge on any atom is 0.249 e. The van der Waals surface area contributed by atoms with E-state index >= 15 is 0 Å². The Morgan fingerprint density at radius 1 is 0.800 bits per heavy atom. The lowest BCUT2D eigenvalue weighted by Gasteiger charge is -2.27. The molecule has 30 heavy (non-hydrogen) atoms. The maximum absolute atomic E-state index is 12.4. The maximum atomic E-state index is 12.4. The van der Waals surface area contributed by atoms with Crippen molar-refractivity contribution in [2.45, 2.75) is 49.9 Å². The highest BCUT2D eigenvalue weighted by Gasteiger charge is 2.39. The van der Waals surface area contributed by atoms with Gasteiger partial charge in [0.1, 0.15) is 30.5 Å². The average molecular weight is 440 g/mol. The van der Waals surface area contributed by atoms with Crippen LogP contribution in [0.4, 0.5) is 0 Å². The molecule has 0 bridgehead atoms. The van der Waals surface area contributed by atoms with E-state index in [1.807, 2.05) is 5.32 Å². The van der Waals surface area contributed by atoms with Gasteiger partial charge in [-0.3, -0.25) is 24.5 Å². The summed E-state index contributed by atoms with van der Waals surface area (Å²) in [4.78, 5) is 47.9. The number of amides is 3. The van der Waals surface area contributed by atoms with Gasteiger partial charge in [0.15, 0.2) is 5.78 Å². The summed E-state index contributed by atoms with van der Waals surface area (Å²) < 4.78 is 0. The van der Waals surface area contributed by atoms with Crippen LogP contribution in [0.25, 0.3) is 0 Å². The van der Waals surface area contributed by atoms with Gasteiger partial charge in [0.25, 0.3) is 0 Å². The Morgan fingerprint density at radius 3 is 1.77 bits per heavy atom. The molecule has 0 spiro atoms. The molecular formula is C16H28N2O12. The number of aliphatic hydroxyl groups is 8. The van der Waals surface area contributed by atoms with Crippen LogP contribution >= 0.6 is 0 Å². The van der Waals surface area contributed by atoms with E-state index in [1.54, 1.807) is 5.32 Å². The Bertz CT molecular complexity index is 601. The Hall–Kier alpha value is -2.04. The van der Waals surface area contributed by atoms with Gasteiger partial charge in [-0.2, -0.15) is 0 Å². The monoisotopic (exact) mass is 440 g/mol. The molecule has 10 N–H and O–H groups in total. The van der Waals surface area contributed by atoms with Crippen molar-refractivity contribution in [3.63, 3.8) is 0 Å². The Kier molecular flexibility index (Phi) is 12.4. The second-order valence-corrected chi connectivity index (χ2v) is 6.49. The lowest BCUT2D eigenvalue weighted by Crippen LogP contribution is -2.57. The summed E-state index contributed by atoms with van der Waals surface area (Å²) in [5, 5.41) is 78.1. The molecule has 0 fully saturated rings. The van der Waals surface area contributed by atoms with Crippen molar-refractivity contribution in [1.82, 2.24) is 10.6 Å². The number of imide groups is 1. The molecule has 0 aromatic heterocycles. The lowest BCUT2D eigenvalue weighted by atomic mass is 9.90. The number of carbonyl (C=O) groups is 4. The third-order valence-electron chi connectivity index (χ3n) is 4.08. The zero-order valence-electron chi connectivity index (χ0n) is 16.1. The summed E-state index contributed by atoms with van der Waals surface area (Å²) in [6, 6.07) is -1.88. The molecule has 14 nitrogen and oxygen atoms in total. The summed E-state index contributed by atoms with van der Waals surface area (Å²) in [5.41, 5.74) is 0. The van der Waals surface area contributed by atoms with Gasteiger partial charge in [0, 0.05) is 6.92 Å². The van der Waals surface area contributed by atoms with Crippen LogP contribution in [0.1, 0.15) is 13.3 Å². The van der Waals surface area contributed by atoms with Crippen molar-refractivity contribution in [1.29, 1.82) is 0 Å². The number of hydrogen-bond acceptors (Lipinski definition) is 12. The highest BCUT2D eigenvalue weighted by atomic mass is 16.4. The van der Waals surface area contributed by atoms with Gasteiger partial charge in [-0.25, -0.2) is 0 Å². The molecule has 7 atom stereocenters. The number of nitrogens with one attached hydrogen (secondary N) is 2. The molecule has 0 aliphatic heterocycles. The van der Waals surface area contributed by atoms with Crippen LogP contribution in [0.2, 0.25) is 0 Å². The van der Waals surface area contributed by atoms with Crippen molar-refractivity contribution in [2.75, 3.05) is 19.8 Å². The SMILES string of the molecule is CC(=O)NC(C(=O)NC(=O)C[C@@H](O)[C@H](O)[C@H](O)CO)[C@@H](CO)C(=O)[C@H](O)[C@H](O)CO. The zero-order chi connectivity index (χ0) is 23.6. The molecule has 1 unspecified atom stereocenters. The van der Waals surface area contributed by atoms with Crippen molar-refractivity contribution in [3.05, 3.63) is 0 Å². The van der Waals surface area contributed by atoms with Crippen molar-refractivity contribution in [2.24, 2.45) is 5.92 Å². The zero-order valence-corrected chi connectivity index (χ0v) is 16.1. The van der Waals surface area contributed by atoms with E-state index in [0.29, 0.717) is 0 Å². The minimum Gasteiger partial charge on any atom is -0.396 e. The van der Waals surface area contributed by atoms with E-state index < -0.39 is 92.2 Å². The molecule has 3 amide bonds. The van der Waals surface area contributed by atoms with Gasteiger partial charge in [-0.15, -0.1) is 0 Å². The molecule has 174 valence electrons. The molecule has 0 radical (unpaired) electrons. The van der Waals surface area contributed by atoms with Crippen LogP contribution in [0, 0.1) is 5.92 Å². The van der Waals surface area contributed by atoms with E-state index in [0.717, 1.165) is 6.92 Å². The first kappa shape index (κ1) is 28.0. The molecule has 14 heteroatoms. The fourth-order valence-corrected chi connectivity index (χ4v) is 2.38. The molecule has 0 heterocycles. The van der Waals surface area contributed by atoms with Gasteiger partial charge in [-0.1, -0.05) is 0 Å². The summed E-state index contributed by atoms with van der Waals surface area (Å²) in [6.07, 6.45) is -10.6. The molecule has 0 rings (SSSR count). The predicted molar refractivity (Wildman–Crippen MR) is 95.2 cm³/mol. The summed E-state index contributed by atoms with van der Waals surface area (Å²) in [7, 11) is 0. The minimum atomic E-state index is -2.20. The summed E-state index contributed by atoms with van der Waals surface area (Å²) >= 11 is 0. The highest BCUT2D eigenvalue weighted by Crippen LogP contribution is 2.12. The van der Waals surface area contributed by atoms with Crippen LogP contribution in [0.3, 0.4) is 0 Å². The fourth-order valence-electron chi connectivity index (χ4n) is 2.38. The van der Waals surface area contributed by atoms with Crippen molar-refractivity contribution < 1.29 is 60.0 Å². The number of carbonyl (C=O) groups excluding carboxylic acids is 4. The van der Waals surface area contributed by atoms with Crippen LogP contribution in [0.5, 0.6) is 0 Å². The van der Waals surface area contributed by atoms with Gasteiger partial charge < -0.3 is 46.2 Å². The van der Waals surface area contributed by atoms with E-state index in [2.05, 4.69) is 0 Å². The number of aliphatic hydroxyl groups excluding tert-OH is 8. The van der Waals surface area contributed by atoms with E-state index in [1.165, 1.54) is 0 Å². The van der Waals surface area contributed by atoms with Crippen LogP contribution < -0.4 is 10.6 Å². The van der Waals surface area contributed by atoms with Crippen LogP contribution in [-0.2, 0) is 19.2 Å². The second kappa shape index (κ2) is 13.3. The van der Waals surface area contributed by atoms with E-state index in [9.17, 15) is 49.8 Å². The van der Waals surface area contributed by atoms with Crippen LogP contribution in [-0.4, -0.2) is 121 Å². The first-order valence-corrected chi connectivity index (χ1v) is 8.78. The van der Waals surface area contributed by atoms with Crippen molar-refractivity contribution >= 4 is 23.5 Å². The summed E-state index contributed by atoms with van der Waals surface area (Å²) in [6.45, 7) is -2.06. The van der Waals surface area contributed by atoms with E-state index in [4.69, 9.17) is 10.2 Å². The van der Waals surface area contributed by atoms with Gasteiger partial charge in [-0.05, 0) is 0 Å². The highest BCUT2D eigenvalue weighted by molar-refractivity contribution is 6.02. The molecule has 0 saturated heterocycles. The molecule has 0 aromatic carbocycles. The standard InChI is InChI=1S/C16H28N2O12/c1-6(22)17-12(7(3-19)13(27)15(29)10(25)5-21)16(30)18-11(26)2-8(23)14(28)9(24)4-20/h7-10,12,14-15,19-21,23-25,28-29H,2-5H2,1H3,(H,17,22)(H,18,26,30)/t7-,8-,9-,10-,12?,14+,15-/m1/s1. The van der Waals surface area contributed by atoms with E-state index in [-0.39, 0.29) is 0 Å². The third-order valence-corrected chi connectivity index (χ3v) is 4.08. The summed E-state index contributed by atoms with van der Waals surface area (Å²) in [5.74, 6) is -6.50. The van der Waals surface area contributed by atoms with Crippen molar-refractivity contribution in [3.8, 4) is 0 Å².